The third kappa shape index (κ3) is 4.06. The standard InChI is InChI=1S/C20H19N5O2S2/c1-3-12-4-9-15-16(10-12)29-19(21-15)22-17(26)11-25-18(23-24-20(25)28)13-5-7-14(27-2)8-6-13/h4-10H,3,11H2,1-2H3,(H,24,28)(H,21,22,26). The molecular formula is C20H19N5O2S2. The number of hydrogen-bond donors (Lipinski definition) is 2. The van der Waals surface area contributed by atoms with Crippen molar-refractivity contribution in [2.75, 3.05) is 12.4 Å². The number of aromatic nitrogens is 4. The van der Waals surface area contributed by atoms with Crippen LogP contribution in [0.5, 0.6) is 5.75 Å². The Bertz CT molecular complexity index is 1220. The number of carbonyl (C=O) groups excluding carboxylic acids is 1. The van der Waals surface area contributed by atoms with Crippen LogP contribution in [-0.4, -0.2) is 32.8 Å². The number of aryl methyl sites for hydroxylation is 1. The summed E-state index contributed by atoms with van der Waals surface area (Å²) in [6, 6.07) is 13.6. The molecule has 7 nitrogen and oxygen atoms in total. The van der Waals surface area contributed by atoms with Crippen molar-refractivity contribution in [2.24, 2.45) is 0 Å². The first-order valence-electron chi connectivity index (χ1n) is 9.06. The Balaban J connectivity index is 1.54. The number of nitrogens with one attached hydrogen (secondary N) is 2. The molecule has 0 radical (unpaired) electrons. The summed E-state index contributed by atoms with van der Waals surface area (Å²) in [7, 11) is 1.61. The summed E-state index contributed by atoms with van der Waals surface area (Å²) in [5.74, 6) is 1.12. The van der Waals surface area contributed by atoms with E-state index in [0.29, 0.717) is 15.7 Å². The molecule has 0 aliphatic carbocycles. The van der Waals surface area contributed by atoms with Crippen molar-refractivity contribution < 1.29 is 9.53 Å². The van der Waals surface area contributed by atoms with E-state index in [9.17, 15) is 4.79 Å². The highest BCUT2D eigenvalue weighted by atomic mass is 32.1. The molecule has 0 fully saturated rings. The Labute approximate surface area is 176 Å². The molecule has 2 N–H and O–H groups in total. The van der Waals surface area contributed by atoms with Crippen LogP contribution in [0.4, 0.5) is 5.13 Å². The van der Waals surface area contributed by atoms with Gasteiger partial charge in [0.25, 0.3) is 0 Å². The van der Waals surface area contributed by atoms with Crippen molar-refractivity contribution in [2.45, 2.75) is 19.9 Å². The van der Waals surface area contributed by atoms with E-state index in [1.165, 1.54) is 16.9 Å². The number of nitrogens with zero attached hydrogens (tertiary/aromatic N) is 3. The summed E-state index contributed by atoms with van der Waals surface area (Å²) in [5, 5.41) is 10.5. The van der Waals surface area contributed by atoms with Gasteiger partial charge in [-0.3, -0.25) is 14.5 Å². The van der Waals surface area contributed by atoms with Crippen molar-refractivity contribution in [3.05, 3.63) is 52.8 Å². The number of anilines is 1. The lowest BCUT2D eigenvalue weighted by molar-refractivity contribution is -0.116. The van der Waals surface area contributed by atoms with Gasteiger partial charge in [0, 0.05) is 5.56 Å². The van der Waals surface area contributed by atoms with Gasteiger partial charge in [-0.25, -0.2) is 4.98 Å². The lowest BCUT2D eigenvalue weighted by atomic mass is 10.2. The molecule has 29 heavy (non-hydrogen) atoms. The Kier molecular flexibility index (Phi) is 5.41. The lowest BCUT2D eigenvalue weighted by Gasteiger charge is -2.07. The monoisotopic (exact) mass is 425 g/mol. The van der Waals surface area contributed by atoms with Crippen LogP contribution in [0, 0.1) is 4.77 Å². The van der Waals surface area contributed by atoms with Gasteiger partial charge in [0.15, 0.2) is 15.7 Å². The second kappa shape index (κ2) is 8.14. The number of fused-ring (bicyclic) bond motifs is 1. The fraction of sp³-hybridized carbons (Fsp3) is 0.200. The molecule has 1 amide bonds. The first-order chi connectivity index (χ1) is 14.1. The minimum Gasteiger partial charge on any atom is -0.497 e. The molecule has 0 aliphatic heterocycles. The van der Waals surface area contributed by atoms with Gasteiger partial charge in [0.2, 0.25) is 5.91 Å². The SMILES string of the molecule is CCc1ccc2nc(NC(=O)Cn3c(-c4ccc(OC)cc4)n[nH]c3=S)sc2c1. The van der Waals surface area contributed by atoms with Crippen LogP contribution in [0.1, 0.15) is 12.5 Å². The van der Waals surface area contributed by atoms with E-state index in [4.69, 9.17) is 17.0 Å². The van der Waals surface area contributed by atoms with Gasteiger partial charge in [-0.2, -0.15) is 5.10 Å². The fourth-order valence-electron chi connectivity index (χ4n) is 2.97. The molecule has 0 atom stereocenters. The van der Waals surface area contributed by atoms with Crippen molar-refractivity contribution in [3.8, 4) is 17.1 Å². The summed E-state index contributed by atoms with van der Waals surface area (Å²) >= 11 is 6.77. The summed E-state index contributed by atoms with van der Waals surface area (Å²) in [6.07, 6.45) is 0.961. The zero-order valence-corrected chi connectivity index (χ0v) is 17.6. The molecule has 0 unspecified atom stereocenters. The molecule has 4 aromatic rings. The van der Waals surface area contributed by atoms with E-state index in [0.717, 1.165) is 28.0 Å². The maximum Gasteiger partial charge on any atom is 0.246 e. The molecule has 0 saturated heterocycles. The fourth-order valence-corrected chi connectivity index (χ4v) is 4.11. The molecule has 0 aliphatic rings. The normalized spacial score (nSPS) is 11.0. The number of ether oxygens (including phenoxy) is 1. The van der Waals surface area contributed by atoms with E-state index < -0.39 is 0 Å². The van der Waals surface area contributed by atoms with Crippen LogP contribution in [0.25, 0.3) is 21.6 Å². The maximum absolute atomic E-state index is 12.6. The minimum absolute atomic E-state index is 0.0346. The maximum atomic E-state index is 12.6. The molecule has 0 spiro atoms. The number of methoxy groups -OCH3 is 1. The summed E-state index contributed by atoms with van der Waals surface area (Å²) in [6.45, 7) is 2.15. The second-order valence-corrected chi connectivity index (χ2v) is 7.81. The Morgan fingerprint density at radius 3 is 2.79 bits per heavy atom. The van der Waals surface area contributed by atoms with Gasteiger partial charge in [-0.15, -0.1) is 0 Å². The number of thiazole rings is 1. The second-order valence-electron chi connectivity index (χ2n) is 6.39. The predicted octanol–water partition coefficient (Wildman–Crippen LogP) is 4.43. The minimum atomic E-state index is -0.216. The molecule has 2 aromatic carbocycles. The number of H-pyrrole nitrogens is 1. The van der Waals surface area contributed by atoms with Gasteiger partial charge in [0.05, 0.1) is 17.3 Å². The van der Waals surface area contributed by atoms with Crippen LogP contribution >= 0.6 is 23.6 Å². The van der Waals surface area contributed by atoms with Crippen LogP contribution in [0.2, 0.25) is 0 Å². The number of hydrogen-bond acceptors (Lipinski definition) is 6. The van der Waals surface area contributed by atoms with Crippen LogP contribution < -0.4 is 10.1 Å². The molecule has 4 rings (SSSR count). The first-order valence-corrected chi connectivity index (χ1v) is 10.3. The molecule has 148 valence electrons. The van der Waals surface area contributed by atoms with Crippen molar-refractivity contribution in [1.82, 2.24) is 19.7 Å². The van der Waals surface area contributed by atoms with Gasteiger partial charge < -0.3 is 10.1 Å². The summed E-state index contributed by atoms with van der Waals surface area (Å²) in [4.78, 5) is 17.1. The first kappa shape index (κ1) is 19.3. The largest absolute Gasteiger partial charge is 0.497 e. The Hall–Kier alpha value is -3.04. The molecule has 0 bridgehead atoms. The quantitative estimate of drug-likeness (QED) is 0.447. The van der Waals surface area contributed by atoms with Gasteiger partial charge >= 0.3 is 0 Å². The molecule has 9 heteroatoms. The van der Waals surface area contributed by atoms with E-state index in [1.54, 1.807) is 11.7 Å². The zero-order valence-electron chi connectivity index (χ0n) is 15.9. The summed E-state index contributed by atoms with van der Waals surface area (Å²) in [5.41, 5.74) is 2.95. The smallest absolute Gasteiger partial charge is 0.246 e. The average Bonchev–Trinajstić information content (AvgIpc) is 3.30. The van der Waals surface area contributed by atoms with Crippen molar-refractivity contribution in [3.63, 3.8) is 0 Å². The van der Waals surface area contributed by atoms with E-state index in [2.05, 4.69) is 39.6 Å². The number of carbonyl (C=O) groups is 1. The molecule has 2 heterocycles. The predicted molar refractivity (Wildman–Crippen MR) is 117 cm³/mol. The number of benzene rings is 2. The summed E-state index contributed by atoms with van der Waals surface area (Å²) < 4.78 is 8.28. The highest BCUT2D eigenvalue weighted by Crippen LogP contribution is 2.27. The molecular weight excluding hydrogens is 406 g/mol. The highest BCUT2D eigenvalue weighted by Gasteiger charge is 2.14. The van der Waals surface area contributed by atoms with Crippen molar-refractivity contribution in [1.29, 1.82) is 0 Å². The molecule has 2 aromatic heterocycles. The van der Waals surface area contributed by atoms with Crippen LogP contribution in [-0.2, 0) is 17.8 Å². The Morgan fingerprint density at radius 2 is 2.07 bits per heavy atom. The van der Waals surface area contributed by atoms with Gasteiger partial charge in [-0.1, -0.05) is 24.3 Å². The number of amides is 1. The third-order valence-electron chi connectivity index (χ3n) is 4.52. The topological polar surface area (TPSA) is 84.8 Å². The van der Waals surface area contributed by atoms with E-state index >= 15 is 0 Å². The Morgan fingerprint density at radius 1 is 1.28 bits per heavy atom. The van der Waals surface area contributed by atoms with Crippen LogP contribution in [0.3, 0.4) is 0 Å². The third-order valence-corrected chi connectivity index (χ3v) is 5.76. The number of aromatic amines is 1. The van der Waals surface area contributed by atoms with Crippen LogP contribution in [0.15, 0.2) is 42.5 Å². The highest BCUT2D eigenvalue weighted by molar-refractivity contribution is 7.71. The van der Waals surface area contributed by atoms with Gasteiger partial charge in [-0.05, 0) is 60.6 Å². The molecule has 0 saturated carbocycles. The van der Waals surface area contributed by atoms with Crippen molar-refractivity contribution >= 4 is 44.8 Å². The van der Waals surface area contributed by atoms with E-state index in [-0.39, 0.29) is 12.5 Å². The van der Waals surface area contributed by atoms with Gasteiger partial charge in [0.1, 0.15) is 12.3 Å². The number of rotatable bonds is 6. The average molecular weight is 426 g/mol. The zero-order chi connectivity index (χ0) is 20.4. The van der Waals surface area contributed by atoms with E-state index in [1.807, 2.05) is 30.3 Å². The lowest BCUT2D eigenvalue weighted by Crippen LogP contribution is -2.19.